The quantitative estimate of drug-likeness (QED) is 0.694. The standard InChI is InChI=1S/C21H21N3O2S/c1-13-4-5-14(2)18(10-13)19-12-27-21(23-19)24-20(26)17-8-6-16(7-9-17)11-22-15(3)25/h4-10,12H,11H2,1-3H3,(H,22,25)(H,23,24,26). The maximum absolute atomic E-state index is 12.4. The van der Waals surface area contributed by atoms with Gasteiger partial charge in [0.05, 0.1) is 5.69 Å². The number of thiazole rings is 1. The Balaban J connectivity index is 1.69. The molecule has 1 heterocycles. The zero-order chi connectivity index (χ0) is 19.4. The van der Waals surface area contributed by atoms with E-state index in [9.17, 15) is 9.59 Å². The van der Waals surface area contributed by atoms with Gasteiger partial charge < -0.3 is 5.32 Å². The van der Waals surface area contributed by atoms with E-state index in [1.807, 2.05) is 24.4 Å². The minimum Gasteiger partial charge on any atom is -0.352 e. The number of benzene rings is 2. The second kappa shape index (κ2) is 8.14. The Kier molecular flexibility index (Phi) is 5.66. The summed E-state index contributed by atoms with van der Waals surface area (Å²) in [6.07, 6.45) is 0. The molecule has 0 aliphatic carbocycles. The third-order valence-corrected chi connectivity index (χ3v) is 4.91. The van der Waals surface area contributed by atoms with Crippen LogP contribution in [0.5, 0.6) is 0 Å². The minimum atomic E-state index is -0.206. The molecule has 2 amide bonds. The van der Waals surface area contributed by atoms with E-state index >= 15 is 0 Å². The van der Waals surface area contributed by atoms with Crippen LogP contribution < -0.4 is 10.6 Å². The second-order valence-corrected chi connectivity index (χ2v) is 7.28. The second-order valence-electron chi connectivity index (χ2n) is 6.42. The van der Waals surface area contributed by atoms with Gasteiger partial charge in [-0.05, 0) is 43.2 Å². The lowest BCUT2D eigenvalue weighted by Gasteiger charge is -2.05. The molecule has 0 bridgehead atoms. The Bertz CT molecular complexity index is 977. The number of nitrogens with one attached hydrogen (secondary N) is 2. The van der Waals surface area contributed by atoms with Crippen molar-refractivity contribution in [2.24, 2.45) is 0 Å². The van der Waals surface area contributed by atoms with Crippen LogP contribution in [-0.2, 0) is 11.3 Å². The monoisotopic (exact) mass is 379 g/mol. The molecular formula is C21H21N3O2S. The van der Waals surface area contributed by atoms with Gasteiger partial charge >= 0.3 is 0 Å². The number of nitrogens with zero attached hydrogens (tertiary/aromatic N) is 1. The van der Waals surface area contributed by atoms with Gasteiger partial charge in [0.2, 0.25) is 5.91 Å². The minimum absolute atomic E-state index is 0.0831. The van der Waals surface area contributed by atoms with E-state index in [1.165, 1.54) is 23.8 Å². The molecule has 1 aromatic heterocycles. The van der Waals surface area contributed by atoms with Crippen molar-refractivity contribution >= 4 is 28.3 Å². The number of carbonyl (C=O) groups is 2. The average molecular weight is 379 g/mol. The van der Waals surface area contributed by atoms with Crippen LogP contribution >= 0.6 is 11.3 Å². The Labute approximate surface area is 162 Å². The molecule has 2 N–H and O–H groups in total. The molecule has 0 radical (unpaired) electrons. The van der Waals surface area contributed by atoms with Crippen molar-refractivity contribution in [3.05, 3.63) is 70.1 Å². The van der Waals surface area contributed by atoms with Gasteiger partial charge in [0.25, 0.3) is 5.91 Å². The Morgan fingerprint density at radius 2 is 1.81 bits per heavy atom. The van der Waals surface area contributed by atoms with Crippen molar-refractivity contribution in [1.82, 2.24) is 10.3 Å². The number of aryl methyl sites for hydroxylation is 2. The SMILES string of the molecule is CC(=O)NCc1ccc(C(=O)Nc2nc(-c3cc(C)ccc3C)cs2)cc1. The zero-order valence-corrected chi connectivity index (χ0v) is 16.3. The lowest BCUT2D eigenvalue weighted by molar-refractivity contribution is -0.119. The molecule has 0 aliphatic heterocycles. The lowest BCUT2D eigenvalue weighted by atomic mass is 10.0. The molecule has 3 aromatic rings. The summed E-state index contributed by atoms with van der Waals surface area (Å²) in [5.41, 5.74) is 5.75. The first-order chi connectivity index (χ1) is 12.9. The fraction of sp³-hybridized carbons (Fsp3) is 0.190. The van der Waals surface area contributed by atoms with Gasteiger partial charge in [-0.1, -0.05) is 29.8 Å². The summed E-state index contributed by atoms with van der Waals surface area (Å²) >= 11 is 1.41. The summed E-state index contributed by atoms with van der Waals surface area (Å²) in [6.45, 7) is 6.02. The van der Waals surface area contributed by atoms with Gasteiger partial charge in [-0.3, -0.25) is 14.9 Å². The molecule has 6 heteroatoms. The van der Waals surface area contributed by atoms with E-state index in [-0.39, 0.29) is 11.8 Å². The molecule has 0 saturated heterocycles. The first-order valence-electron chi connectivity index (χ1n) is 8.60. The van der Waals surface area contributed by atoms with Crippen molar-refractivity contribution in [3.63, 3.8) is 0 Å². The van der Waals surface area contributed by atoms with Crippen molar-refractivity contribution in [2.45, 2.75) is 27.3 Å². The largest absolute Gasteiger partial charge is 0.352 e. The van der Waals surface area contributed by atoms with Gasteiger partial charge in [-0.15, -0.1) is 11.3 Å². The Morgan fingerprint density at radius 1 is 1.07 bits per heavy atom. The van der Waals surface area contributed by atoms with Crippen molar-refractivity contribution in [2.75, 3.05) is 5.32 Å². The van der Waals surface area contributed by atoms with E-state index in [0.29, 0.717) is 17.2 Å². The molecule has 0 unspecified atom stereocenters. The van der Waals surface area contributed by atoms with E-state index in [4.69, 9.17) is 0 Å². The van der Waals surface area contributed by atoms with Crippen molar-refractivity contribution < 1.29 is 9.59 Å². The maximum atomic E-state index is 12.4. The summed E-state index contributed by atoms with van der Waals surface area (Å²) in [4.78, 5) is 28.0. The molecule has 0 aliphatic rings. The third kappa shape index (κ3) is 4.80. The normalized spacial score (nSPS) is 10.5. The van der Waals surface area contributed by atoms with Gasteiger partial charge in [-0.25, -0.2) is 4.98 Å². The molecule has 27 heavy (non-hydrogen) atoms. The van der Waals surface area contributed by atoms with Crippen LogP contribution in [-0.4, -0.2) is 16.8 Å². The number of carbonyl (C=O) groups excluding carboxylic acids is 2. The van der Waals surface area contributed by atoms with Gasteiger partial charge in [0.1, 0.15) is 0 Å². The van der Waals surface area contributed by atoms with E-state index in [2.05, 4.69) is 40.7 Å². The molecule has 2 aromatic carbocycles. The van der Waals surface area contributed by atoms with Crippen LogP contribution in [0.3, 0.4) is 0 Å². The van der Waals surface area contributed by atoms with Crippen LogP contribution in [0.1, 0.15) is 34.0 Å². The summed E-state index contributed by atoms with van der Waals surface area (Å²) in [7, 11) is 0. The first kappa shape index (κ1) is 18.8. The van der Waals surface area contributed by atoms with Gasteiger partial charge in [0.15, 0.2) is 5.13 Å². The van der Waals surface area contributed by atoms with Crippen LogP contribution in [0.2, 0.25) is 0 Å². The van der Waals surface area contributed by atoms with Gasteiger partial charge in [-0.2, -0.15) is 0 Å². The first-order valence-corrected chi connectivity index (χ1v) is 9.48. The fourth-order valence-corrected chi connectivity index (χ4v) is 3.34. The van der Waals surface area contributed by atoms with E-state index in [1.54, 1.807) is 12.1 Å². The van der Waals surface area contributed by atoms with Crippen molar-refractivity contribution in [1.29, 1.82) is 0 Å². The average Bonchev–Trinajstić information content (AvgIpc) is 3.10. The number of anilines is 1. The molecule has 0 saturated carbocycles. The molecular weight excluding hydrogens is 358 g/mol. The topological polar surface area (TPSA) is 71.1 Å². The molecule has 0 fully saturated rings. The summed E-state index contributed by atoms with van der Waals surface area (Å²) < 4.78 is 0. The molecule has 0 atom stereocenters. The highest BCUT2D eigenvalue weighted by Gasteiger charge is 2.11. The van der Waals surface area contributed by atoms with Crippen LogP contribution in [0, 0.1) is 13.8 Å². The predicted octanol–water partition coefficient (Wildman–Crippen LogP) is 4.32. The summed E-state index contributed by atoms with van der Waals surface area (Å²) in [6, 6.07) is 13.4. The number of rotatable bonds is 5. The predicted molar refractivity (Wildman–Crippen MR) is 109 cm³/mol. The maximum Gasteiger partial charge on any atom is 0.257 e. The number of hydrogen-bond donors (Lipinski definition) is 2. The van der Waals surface area contributed by atoms with Gasteiger partial charge in [0, 0.05) is 30.0 Å². The molecule has 138 valence electrons. The van der Waals surface area contributed by atoms with E-state index < -0.39 is 0 Å². The Hall–Kier alpha value is -2.99. The van der Waals surface area contributed by atoms with E-state index in [0.717, 1.165) is 22.4 Å². The van der Waals surface area contributed by atoms with Crippen LogP contribution in [0.25, 0.3) is 11.3 Å². The number of amides is 2. The number of hydrogen-bond acceptors (Lipinski definition) is 4. The highest BCUT2D eigenvalue weighted by molar-refractivity contribution is 7.14. The fourth-order valence-electron chi connectivity index (χ4n) is 2.64. The van der Waals surface area contributed by atoms with Crippen LogP contribution in [0.4, 0.5) is 5.13 Å². The smallest absolute Gasteiger partial charge is 0.257 e. The van der Waals surface area contributed by atoms with Crippen molar-refractivity contribution in [3.8, 4) is 11.3 Å². The lowest BCUT2D eigenvalue weighted by Crippen LogP contribution is -2.19. The van der Waals surface area contributed by atoms with Crippen LogP contribution in [0.15, 0.2) is 47.8 Å². The zero-order valence-electron chi connectivity index (χ0n) is 15.5. The summed E-state index contributed by atoms with van der Waals surface area (Å²) in [5.74, 6) is -0.289. The molecule has 3 rings (SSSR count). The molecule has 0 spiro atoms. The highest BCUT2D eigenvalue weighted by atomic mass is 32.1. The Morgan fingerprint density at radius 3 is 2.52 bits per heavy atom. The number of aromatic nitrogens is 1. The highest BCUT2D eigenvalue weighted by Crippen LogP contribution is 2.28. The summed E-state index contributed by atoms with van der Waals surface area (Å²) in [5, 5.41) is 8.10. The third-order valence-electron chi connectivity index (χ3n) is 4.15. The molecule has 5 nitrogen and oxygen atoms in total.